The summed E-state index contributed by atoms with van der Waals surface area (Å²) in [5, 5.41) is 0. The molecule has 0 aliphatic heterocycles. The van der Waals surface area contributed by atoms with Crippen molar-refractivity contribution in [2.24, 2.45) is 0 Å². The SMILES string of the molecule is CC/C=C\C/C=C\C/C=C\C/C=C\C/C=C\C/C=C\C/C=C\C/C=C\C/C=C\C/C=C\CCCCCCC(=O)OCC(COC(=O)CCCCCCC/C=C\CCCC)OC(=O)CCCCCCC/C=C\C/C=C\CCCC. The van der Waals surface area contributed by atoms with E-state index < -0.39 is 6.10 Å². The van der Waals surface area contributed by atoms with E-state index in [1.807, 2.05) is 0 Å². The van der Waals surface area contributed by atoms with Gasteiger partial charge in [-0.25, -0.2) is 0 Å². The van der Waals surface area contributed by atoms with E-state index in [1.54, 1.807) is 0 Å². The molecule has 0 fully saturated rings. The highest BCUT2D eigenvalue weighted by Crippen LogP contribution is 2.13. The van der Waals surface area contributed by atoms with Crippen LogP contribution in [0.1, 0.15) is 258 Å². The van der Waals surface area contributed by atoms with Crippen LogP contribution in [0.4, 0.5) is 0 Å². The summed E-state index contributed by atoms with van der Waals surface area (Å²) in [7, 11) is 0. The summed E-state index contributed by atoms with van der Waals surface area (Å²) in [4.78, 5) is 38.1. The number of hydrogen-bond acceptors (Lipinski definition) is 6. The van der Waals surface area contributed by atoms with Gasteiger partial charge in [0.1, 0.15) is 13.2 Å². The Morgan fingerprint density at radius 1 is 0.269 bits per heavy atom. The minimum Gasteiger partial charge on any atom is -0.462 e. The molecule has 1 atom stereocenters. The highest BCUT2D eigenvalue weighted by Gasteiger charge is 2.19. The first kappa shape index (κ1) is 73.0. The Balaban J connectivity index is 4.30. The Morgan fingerprint density at radius 2 is 0.500 bits per heavy atom. The molecule has 0 amide bonds. The quantitative estimate of drug-likeness (QED) is 0.0261. The molecule has 0 aromatic rings. The zero-order valence-corrected chi connectivity index (χ0v) is 50.1. The fourth-order valence-corrected chi connectivity index (χ4v) is 8.00. The largest absolute Gasteiger partial charge is 0.462 e. The van der Waals surface area contributed by atoms with Crippen molar-refractivity contribution in [3.05, 3.63) is 158 Å². The summed E-state index contributed by atoms with van der Waals surface area (Å²) in [6.07, 6.45) is 94.0. The van der Waals surface area contributed by atoms with Crippen molar-refractivity contribution in [2.75, 3.05) is 13.2 Å². The number of carbonyl (C=O) groups is 3. The van der Waals surface area contributed by atoms with Gasteiger partial charge < -0.3 is 14.2 Å². The van der Waals surface area contributed by atoms with Crippen LogP contribution in [-0.4, -0.2) is 37.2 Å². The first-order valence-corrected chi connectivity index (χ1v) is 31.5. The Kier molecular flexibility index (Phi) is 60.4. The van der Waals surface area contributed by atoms with Gasteiger partial charge in [-0.1, -0.05) is 256 Å². The van der Waals surface area contributed by atoms with E-state index in [2.05, 4.69) is 179 Å². The minimum atomic E-state index is -0.805. The summed E-state index contributed by atoms with van der Waals surface area (Å²) in [6, 6.07) is 0. The summed E-state index contributed by atoms with van der Waals surface area (Å²) in [5.74, 6) is -0.957. The van der Waals surface area contributed by atoms with Gasteiger partial charge in [-0.15, -0.1) is 0 Å². The maximum atomic E-state index is 12.8. The zero-order valence-electron chi connectivity index (χ0n) is 50.1. The van der Waals surface area contributed by atoms with Crippen molar-refractivity contribution in [3.63, 3.8) is 0 Å². The van der Waals surface area contributed by atoms with Crippen molar-refractivity contribution in [3.8, 4) is 0 Å². The fraction of sp³-hybridized carbons (Fsp3) is 0.597. The van der Waals surface area contributed by atoms with Crippen LogP contribution in [0.5, 0.6) is 0 Å². The molecule has 0 bridgehead atoms. The lowest BCUT2D eigenvalue weighted by molar-refractivity contribution is -0.167. The Labute approximate surface area is 480 Å². The fourth-order valence-electron chi connectivity index (χ4n) is 8.00. The lowest BCUT2D eigenvalue weighted by atomic mass is 10.1. The van der Waals surface area contributed by atoms with Crippen LogP contribution < -0.4 is 0 Å². The maximum Gasteiger partial charge on any atom is 0.306 e. The summed E-state index contributed by atoms with van der Waals surface area (Å²) in [5.41, 5.74) is 0. The molecule has 0 aromatic carbocycles. The van der Waals surface area contributed by atoms with Crippen LogP contribution in [0, 0.1) is 0 Å². The average Bonchev–Trinajstić information content (AvgIpc) is 3.44. The van der Waals surface area contributed by atoms with Gasteiger partial charge in [-0.3, -0.25) is 14.4 Å². The molecule has 0 aliphatic carbocycles. The molecule has 0 spiro atoms. The Morgan fingerprint density at radius 3 is 0.795 bits per heavy atom. The summed E-state index contributed by atoms with van der Waals surface area (Å²) < 4.78 is 16.8. The lowest BCUT2D eigenvalue weighted by Gasteiger charge is -2.18. The molecule has 0 N–H and O–H groups in total. The van der Waals surface area contributed by atoms with E-state index in [0.717, 1.165) is 173 Å². The van der Waals surface area contributed by atoms with Crippen molar-refractivity contribution in [2.45, 2.75) is 264 Å². The average molecular weight is 1080 g/mol. The van der Waals surface area contributed by atoms with Gasteiger partial charge in [0, 0.05) is 19.3 Å². The molecule has 78 heavy (non-hydrogen) atoms. The van der Waals surface area contributed by atoms with Crippen LogP contribution in [0.2, 0.25) is 0 Å². The van der Waals surface area contributed by atoms with Gasteiger partial charge in [0.25, 0.3) is 0 Å². The van der Waals surface area contributed by atoms with E-state index in [-0.39, 0.29) is 31.1 Å². The molecule has 6 nitrogen and oxygen atoms in total. The predicted molar refractivity (Wildman–Crippen MR) is 338 cm³/mol. The predicted octanol–water partition coefficient (Wildman–Crippen LogP) is 21.7. The molecule has 0 aromatic heterocycles. The third-order valence-electron chi connectivity index (χ3n) is 12.7. The highest BCUT2D eigenvalue weighted by atomic mass is 16.6. The third kappa shape index (κ3) is 61.9. The molecule has 438 valence electrons. The first-order chi connectivity index (χ1) is 38.5. The van der Waals surface area contributed by atoms with Gasteiger partial charge in [0.05, 0.1) is 0 Å². The first-order valence-electron chi connectivity index (χ1n) is 31.5. The number of allylic oxidation sites excluding steroid dienone is 26. The van der Waals surface area contributed by atoms with Crippen LogP contribution in [0.25, 0.3) is 0 Å². The van der Waals surface area contributed by atoms with Crippen LogP contribution in [0.3, 0.4) is 0 Å². The van der Waals surface area contributed by atoms with Gasteiger partial charge in [0.15, 0.2) is 6.10 Å². The topological polar surface area (TPSA) is 78.9 Å². The highest BCUT2D eigenvalue weighted by molar-refractivity contribution is 5.71. The lowest BCUT2D eigenvalue weighted by Crippen LogP contribution is -2.30. The molecule has 0 saturated heterocycles. The van der Waals surface area contributed by atoms with Gasteiger partial charge in [-0.2, -0.15) is 0 Å². The number of ether oxygens (including phenoxy) is 3. The molecular weight excluding hydrogens is 961 g/mol. The van der Waals surface area contributed by atoms with Crippen molar-refractivity contribution in [1.29, 1.82) is 0 Å². The third-order valence-corrected chi connectivity index (χ3v) is 12.7. The number of carbonyl (C=O) groups excluding carboxylic acids is 3. The molecule has 0 saturated carbocycles. The molecule has 6 heteroatoms. The standard InChI is InChI=1S/C72H114O6/c1-4-7-10-13-16-19-22-24-26-27-28-29-30-31-32-33-34-35-36-37-38-39-40-41-42-43-44-45-46-48-50-53-56-59-62-65-71(74)77-68-69(67-76-70(73)64-61-58-55-52-49-21-18-15-12-9-6-3)78-72(75)66-63-60-57-54-51-47-25-23-20-17-14-11-8-5-2/h7,10,14-19,23-26,28-29,31-32,34-35,37-38,40-41,43-44,46,48,69H,4-6,8-9,11-13,20-22,27,30,33,36,39,42,45,47,49-68H2,1-3H3/b10-7-,17-14-,18-15-,19-16-,25-23-,26-24-,29-28-,32-31-,35-34-,38-37-,41-40-,44-43-,48-46-. The minimum absolute atomic E-state index is 0.101. The van der Waals surface area contributed by atoms with Gasteiger partial charge in [0.2, 0.25) is 0 Å². The van der Waals surface area contributed by atoms with Crippen LogP contribution in [0.15, 0.2) is 158 Å². The molecule has 1 unspecified atom stereocenters. The number of hydrogen-bond donors (Lipinski definition) is 0. The smallest absolute Gasteiger partial charge is 0.306 e. The normalized spacial score (nSPS) is 13.2. The van der Waals surface area contributed by atoms with E-state index in [0.29, 0.717) is 19.3 Å². The number of unbranched alkanes of at least 4 members (excludes halogenated alkanes) is 18. The molecule has 0 aliphatic rings. The zero-order chi connectivity index (χ0) is 56.4. The van der Waals surface area contributed by atoms with Gasteiger partial charge >= 0.3 is 17.9 Å². The van der Waals surface area contributed by atoms with Crippen molar-refractivity contribution in [1.82, 2.24) is 0 Å². The van der Waals surface area contributed by atoms with Crippen molar-refractivity contribution < 1.29 is 28.6 Å². The summed E-state index contributed by atoms with van der Waals surface area (Å²) >= 11 is 0. The Hall–Kier alpha value is -4.97. The molecule has 0 heterocycles. The monoisotopic (exact) mass is 1070 g/mol. The van der Waals surface area contributed by atoms with E-state index in [9.17, 15) is 14.4 Å². The van der Waals surface area contributed by atoms with Crippen LogP contribution in [-0.2, 0) is 28.6 Å². The van der Waals surface area contributed by atoms with Gasteiger partial charge in [-0.05, 0) is 141 Å². The number of rotatable bonds is 55. The second-order valence-electron chi connectivity index (χ2n) is 20.2. The second-order valence-corrected chi connectivity index (χ2v) is 20.2. The van der Waals surface area contributed by atoms with E-state index >= 15 is 0 Å². The molecule has 0 radical (unpaired) electrons. The Bertz CT molecular complexity index is 1760. The maximum absolute atomic E-state index is 12.8. The molecular formula is C72H114O6. The molecule has 0 rings (SSSR count). The second kappa shape index (κ2) is 64.6. The summed E-state index contributed by atoms with van der Waals surface area (Å²) in [6.45, 7) is 6.39. The van der Waals surface area contributed by atoms with E-state index in [1.165, 1.54) is 44.9 Å². The van der Waals surface area contributed by atoms with Crippen molar-refractivity contribution >= 4 is 17.9 Å². The van der Waals surface area contributed by atoms with E-state index in [4.69, 9.17) is 14.2 Å². The number of esters is 3. The van der Waals surface area contributed by atoms with Crippen LogP contribution >= 0.6 is 0 Å².